The van der Waals surface area contributed by atoms with E-state index in [9.17, 15) is 5.11 Å². The van der Waals surface area contributed by atoms with Gasteiger partial charge in [0, 0.05) is 23.5 Å². The summed E-state index contributed by atoms with van der Waals surface area (Å²) in [5.41, 5.74) is 2.98. The molecular weight excluding hydrogens is 238 g/mol. The Kier molecular flexibility index (Phi) is 4.53. The molecule has 1 N–H and O–H groups in total. The van der Waals surface area contributed by atoms with Gasteiger partial charge < -0.3 is 9.84 Å². The second kappa shape index (κ2) is 6.34. The molecule has 0 spiro atoms. The molecule has 3 heteroatoms. The average Bonchev–Trinajstić information content (AvgIpc) is 2.45. The van der Waals surface area contributed by atoms with Crippen LogP contribution in [0.25, 0.3) is 0 Å². The van der Waals surface area contributed by atoms with Gasteiger partial charge in [0.25, 0.3) is 0 Å². The summed E-state index contributed by atoms with van der Waals surface area (Å²) in [6.45, 7) is 4.42. The Bertz CT molecular complexity index is 540. The summed E-state index contributed by atoms with van der Waals surface area (Å²) in [4.78, 5) is 4.14. The van der Waals surface area contributed by atoms with Crippen molar-refractivity contribution in [2.75, 3.05) is 0 Å². The number of para-hydroxylation sites is 1. The molecular formula is C16H19NO2. The van der Waals surface area contributed by atoms with E-state index in [2.05, 4.69) is 4.98 Å². The minimum Gasteiger partial charge on any atom is -0.488 e. The topological polar surface area (TPSA) is 42.4 Å². The van der Waals surface area contributed by atoms with Gasteiger partial charge in [0.05, 0.1) is 6.10 Å². The van der Waals surface area contributed by atoms with E-state index >= 15 is 0 Å². The van der Waals surface area contributed by atoms with E-state index in [0.29, 0.717) is 13.0 Å². The first-order chi connectivity index (χ1) is 9.20. The molecule has 0 saturated heterocycles. The predicted octanol–water partition coefficient (Wildman–Crippen LogP) is 3.41. The molecule has 3 nitrogen and oxygen atoms in total. The fraction of sp³-hybridized carbons (Fsp3) is 0.312. The molecule has 1 unspecified atom stereocenters. The van der Waals surface area contributed by atoms with Crippen LogP contribution >= 0.6 is 0 Å². The third kappa shape index (κ3) is 3.55. The van der Waals surface area contributed by atoms with E-state index in [1.54, 1.807) is 6.20 Å². The van der Waals surface area contributed by atoms with Crippen LogP contribution in [0.5, 0.6) is 5.75 Å². The van der Waals surface area contributed by atoms with Crippen LogP contribution in [-0.4, -0.2) is 10.1 Å². The first-order valence-corrected chi connectivity index (χ1v) is 6.51. The average molecular weight is 257 g/mol. The maximum Gasteiger partial charge on any atom is 0.125 e. The summed E-state index contributed by atoms with van der Waals surface area (Å²) < 4.78 is 5.80. The summed E-state index contributed by atoms with van der Waals surface area (Å²) in [5.74, 6) is 0.735. The van der Waals surface area contributed by atoms with Crippen molar-refractivity contribution in [1.29, 1.82) is 0 Å². The van der Waals surface area contributed by atoms with Gasteiger partial charge in [-0.05, 0) is 31.0 Å². The van der Waals surface area contributed by atoms with Gasteiger partial charge in [-0.2, -0.15) is 0 Å². The fourth-order valence-corrected chi connectivity index (χ4v) is 1.96. The summed E-state index contributed by atoms with van der Waals surface area (Å²) in [5, 5.41) is 9.96. The number of aromatic nitrogens is 1. The Balaban J connectivity index is 2.11. The van der Waals surface area contributed by atoms with Gasteiger partial charge in [-0.1, -0.05) is 25.1 Å². The maximum atomic E-state index is 9.96. The monoisotopic (exact) mass is 257 g/mol. The lowest BCUT2D eigenvalue weighted by atomic mass is 10.1. The van der Waals surface area contributed by atoms with Crippen LogP contribution in [0.3, 0.4) is 0 Å². The molecule has 0 aliphatic heterocycles. The van der Waals surface area contributed by atoms with Crippen molar-refractivity contribution >= 4 is 0 Å². The minimum atomic E-state index is -0.480. The van der Waals surface area contributed by atoms with E-state index in [1.165, 1.54) is 0 Å². The second-order valence-electron chi connectivity index (χ2n) is 4.62. The van der Waals surface area contributed by atoms with Gasteiger partial charge in [0.2, 0.25) is 0 Å². The molecule has 2 rings (SSSR count). The summed E-state index contributed by atoms with van der Waals surface area (Å²) >= 11 is 0. The maximum absolute atomic E-state index is 9.96. The Morgan fingerprint density at radius 1 is 1.26 bits per heavy atom. The number of hydrogen-bond donors (Lipinski definition) is 1. The van der Waals surface area contributed by atoms with Crippen LogP contribution in [0.4, 0.5) is 0 Å². The number of pyridine rings is 1. The molecule has 1 aromatic heterocycles. The van der Waals surface area contributed by atoms with E-state index in [0.717, 1.165) is 22.4 Å². The molecule has 19 heavy (non-hydrogen) atoms. The molecule has 0 aliphatic carbocycles. The third-order valence-corrected chi connectivity index (χ3v) is 2.99. The highest BCUT2D eigenvalue weighted by Crippen LogP contribution is 2.27. The summed E-state index contributed by atoms with van der Waals surface area (Å²) in [7, 11) is 0. The smallest absolute Gasteiger partial charge is 0.125 e. The summed E-state index contributed by atoms with van der Waals surface area (Å²) in [6, 6.07) is 9.66. The number of benzene rings is 1. The lowest BCUT2D eigenvalue weighted by molar-refractivity contribution is 0.166. The van der Waals surface area contributed by atoms with Gasteiger partial charge >= 0.3 is 0 Å². The zero-order chi connectivity index (χ0) is 13.7. The molecule has 0 fully saturated rings. The van der Waals surface area contributed by atoms with Gasteiger partial charge in [0.1, 0.15) is 12.4 Å². The molecule has 0 bridgehead atoms. The van der Waals surface area contributed by atoms with Crippen LogP contribution in [0, 0.1) is 6.92 Å². The third-order valence-electron chi connectivity index (χ3n) is 2.99. The number of hydrogen-bond acceptors (Lipinski definition) is 3. The highest BCUT2D eigenvalue weighted by atomic mass is 16.5. The minimum absolute atomic E-state index is 0.460. The van der Waals surface area contributed by atoms with Crippen LogP contribution < -0.4 is 4.74 Å². The largest absolute Gasteiger partial charge is 0.488 e. The van der Waals surface area contributed by atoms with Gasteiger partial charge in [-0.15, -0.1) is 0 Å². The van der Waals surface area contributed by atoms with E-state index < -0.39 is 6.10 Å². The molecule has 2 aromatic rings. The van der Waals surface area contributed by atoms with Gasteiger partial charge in [-0.25, -0.2) is 0 Å². The Morgan fingerprint density at radius 2 is 2.05 bits per heavy atom. The number of aryl methyl sites for hydroxylation is 1. The van der Waals surface area contributed by atoms with Crippen LogP contribution in [-0.2, 0) is 6.61 Å². The predicted molar refractivity (Wildman–Crippen MR) is 75.0 cm³/mol. The Hall–Kier alpha value is -1.87. The van der Waals surface area contributed by atoms with Crippen molar-refractivity contribution in [1.82, 2.24) is 4.98 Å². The lowest BCUT2D eigenvalue weighted by Crippen LogP contribution is -2.02. The van der Waals surface area contributed by atoms with E-state index in [4.69, 9.17) is 4.74 Å². The highest BCUT2D eigenvalue weighted by molar-refractivity contribution is 5.35. The normalized spacial score (nSPS) is 12.2. The number of nitrogens with zero attached hydrogens (tertiary/aromatic N) is 1. The Labute approximate surface area is 113 Å². The molecule has 1 heterocycles. The fourth-order valence-electron chi connectivity index (χ4n) is 1.96. The molecule has 100 valence electrons. The molecule has 1 atom stereocenters. The van der Waals surface area contributed by atoms with Gasteiger partial charge in [-0.3, -0.25) is 4.98 Å². The van der Waals surface area contributed by atoms with Crippen LogP contribution in [0.1, 0.15) is 36.1 Å². The molecule has 0 saturated carbocycles. The van der Waals surface area contributed by atoms with E-state index in [-0.39, 0.29) is 0 Å². The van der Waals surface area contributed by atoms with Crippen molar-refractivity contribution in [3.05, 3.63) is 59.4 Å². The highest BCUT2D eigenvalue weighted by Gasteiger charge is 2.11. The zero-order valence-electron chi connectivity index (χ0n) is 11.3. The number of aliphatic hydroxyl groups excluding tert-OH is 1. The second-order valence-corrected chi connectivity index (χ2v) is 4.62. The quantitative estimate of drug-likeness (QED) is 0.892. The van der Waals surface area contributed by atoms with Crippen molar-refractivity contribution in [3.8, 4) is 5.75 Å². The van der Waals surface area contributed by atoms with E-state index in [1.807, 2.05) is 50.4 Å². The molecule has 0 aliphatic rings. The van der Waals surface area contributed by atoms with Crippen molar-refractivity contribution in [3.63, 3.8) is 0 Å². The van der Waals surface area contributed by atoms with Crippen LogP contribution in [0.2, 0.25) is 0 Å². The summed E-state index contributed by atoms with van der Waals surface area (Å²) in [6.07, 6.45) is 3.81. The Morgan fingerprint density at radius 3 is 2.79 bits per heavy atom. The lowest BCUT2D eigenvalue weighted by Gasteiger charge is -2.15. The van der Waals surface area contributed by atoms with Crippen molar-refractivity contribution in [2.24, 2.45) is 0 Å². The van der Waals surface area contributed by atoms with Crippen LogP contribution in [0.15, 0.2) is 42.7 Å². The van der Waals surface area contributed by atoms with Crippen molar-refractivity contribution in [2.45, 2.75) is 33.0 Å². The SMILES string of the molecule is CCC(O)c1ccccc1OCc1cncc(C)c1. The molecule has 0 amide bonds. The van der Waals surface area contributed by atoms with Gasteiger partial charge in [0.15, 0.2) is 0 Å². The standard InChI is InChI=1S/C16H19NO2/c1-3-15(18)14-6-4-5-7-16(14)19-11-13-8-12(2)9-17-10-13/h4-10,15,18H,3,11H2,1-2H3. The number of aliphatic hydroxyl groups is 1. The first-order valence-electron chi connectivity index (χ1n) is 6.51. The molecule has 1 aromatic carbocycles. The molecule has 0 radical (unpaired) electrons. The first kappa shape index (κ1) is 13.6. The number of rotatable bonds is 5. The van der Waals surface area contributed by atoms with Crippen molar-refractivity contribution < 1.29 is 9.84 Å². The number of ether oxygens (including phenoxy) is 1. The zero-order valence-corrected chi connectivity index (χ0v) is 11.3.